The summed E-state index contributed by atoms with van der Waals surface area (Å²) in [5.41, 5.74) is 0. The highest BCUT2D eigenvalue weighted by atomic mass is 16.5. The SMILES string of the molecule is CN(N)CC1CCOC1. The lowest BCUT2D eigenvalue weighted by molar-refractivity contribution is 0.174. The van der Waals surface area contributed by atoms with E-state index in [0.717, 1.165) is 19.8 Å². The lowest BCUT2D eigenvalue weighted by Gasteiger charge is -2.12. The molecule has 0 aromatic rings. The van der Waals surface area contributed by atoms with Crippen LogP contribution in [0.15, 0.2) is 0 Å². The number of nitrogens with zero attached hydrogens (tertiary/aromatic N) is 1. The van der Waals surface area contributed by atoms with E-state index in [9.17, 15) is 0 Å². The van der Waals surface area contributed by atoms with Gasteiger partial charge in [-0.25, -0.2) is 5.01 Å². The van der Waals surface area contributed by atoms with Crippen LogP contribution < -0.4 is 5.84 Å². The average molecular weight is 130 g/mol. The lowest BCUT2D eigenvalue weighted by Crippen LogP contribution is -2.31. The Morgan fingerprint density at radius 3 is 3.00 bits per heavy atom. The molecule has 1 rings (SSSR count). The first kappa shape index (κ1) is 6.99. The van der Waals surface area contributed by atoms with E-state index < -0.39 is 0 Å². The van der Waals surface area contributed by atoms with Crippen LogP contribution in [0.3, 0.4) is 0 Å². The van der Waals surface area contributed by atoms with Crippen molar-refractivity contribution in [3.63, 3.8) is 0 Å². The summed E-state index contributed by atoms with van der Waals surface area (Å²) in [6.07, 6.45) is 1.17. The maximum atomic E-state index is 5.45. The first-order chi connectivity index (χ1) is 4.29. The van der Waals surface area contributed by atoms with Crippen LogP contribution in [0.5, 0.6) is 0 Å². The third kappa shape index (κ3) is 2.30. The second-order valence-corrected chi connectivity index (χ2v) is 2.67. The highest BCUT2D eigenvalue weighted by Crippen LogP contribution is 2.11. The van der Waals surface area contributed by atoms with E-state index in [2.05, 4.69) is 0 Å². The first-order valence-electron chi connectivity index (χ1n) is 3.32. The van der Waals surface area contributed by atoms with Gasteiger partial charge < -0.3 is 4.74 Å². The van der Waals surface area contributed by atoms with Crippen LogP contribution in [-0.4, -0.2) is 31.8 Å². The van der Waals surface area contributed by atoms with Gasteiger partial charge in [0.1, 0.15) is 0 Å². The van der Waals surface area contributed by atoms with E-state index >= 15 is 0 Å². The van der Waals surface area contributed by atoms with Crippen molar-refractivity contribution in [2.45, 2.75) is 6.42 Å². The summed E-state index contributed by atoms with van der Waals surface area (Å²) in [4.78, 5) is 0. The number of ether oxygens (including phenoxy) is 1. The Morgan fingerprint density at radius 2 is 2.56 bits per heavy atom. The Balaban J connectivity index is 2.11. The Hall–Kier alpha value is -0.120. The van der Waals surface area contributed by atoms with E-state index in [1.54, 1.807) is 5.01 Å². The van der Waals surface area contributed by atoms with Crippen LogP contribution in [0.1, 0.15) is 6.42 Å². The van der Waals surface area contributed by atoms with Gasteiger partial charge in [0.25, 0.3) is 0 Å². The van der Waals surface area contributed by atoms with Crippen LogP contribution in [0.4, 0.5) is 0 Å². The highest BCUT2D eigenvalue weighted by molar-refractivity contribution is 4.65. The van der Waals surface area contributed by atoms with E-state index in [1.165, 1.54) is 6.42 Å². The van der Waals surface area contributed by atoms with E-state index in [0.29, 0.717) is 5.92 Å². The summed E-state index contributed by atoms with van der Waals surface area (Å²) in [5, 5.41) is 1.72. The zero-order valence-electron chi connectivity index (χ0n) is 5.84. The third-order valence-corrected chi connectivity index (χ3v) is 1.57. The maximum Gasteiger partial charge on any atom is 0.0507 e. The summed E-state index contributed by atoms with van der Waals surface area (Å²) in [6, 6.07) is 0. The molecule has 1 aliphatic rings. The third-order valence-electron chi connectivity index (χ3n) is 1.57. The zero-order valence-corrected chi connectivity index (χ0v) is 5.84. The van der Waals surface area contributed by atoms with Crippen molar-refractivity contribution in [1.29, 1.82) is 0 Å². The first-order valence-corrected chi connectivity index (χ1v) is 3.32. The summed E-state index contributed by atoms with van der Waals surface area (Å²) < 4.78 is 5.18. The quantitative estimate of drug-likeness (QED) is 0.416. The molecule has 0 aromatic carbocycles. The molecular formula is C6H14N2O. The molecule has 0 bridgehead atoms. The van der Waals surface area contributed by atoms with Gasteiger partial charge in [-0.2, -0.15) is 0 Å². The minimum absolute atomic E-state index is 0.667. The lowest BCUT2D eigenvalue weighted by atomic mass is 10.1. The van der Waals surface area contributed by atoms with Crippen molar-refractivity contribution in [2.75, 3.05) is 26.8 Å². The van der Waals surface area contributed by atoms with Gasteiger partial charge in [0.2, 0.25) is 0 Å². The predicted molar refractivity (Wildman–Crippen MR) is 35.7 cm³/mol. The monoisotopic (exact) mass is 130 g/mol. The summed E-state index contributed by atoms with van der Waals surface area (Å²) in [7, 11) is 1.89. The van der Waals surface area contributed by atoms with Gasteiger partial charge in [0.15, 0.2) is 0 Å². The molecule has 1 fully saturated rings. The molecular weight excluding hydrogens is 116 g/mol. The zero-order chi connectivity index (χ0) is 6.69. The minimum atomic E-state index is 0.667. The van der Waals surface area contributed by atoms with Crippen molar-refractivity contribution < 1.29 is 4.74 Å². The Kier molecular flexibility index (Phi) is 2.45. The van der Waals surface area contributed by atoms with Gasteiger partial charge >= 0.3 is 0 Å². The molecule has 0 aliphatic carbocycles. The second-order valence-electron chi connectivity index (χ2n) is 2.67. The Labute approximate surface area is 55.7 Å². The van der Waals surface area contributed by atoms with Gasteiger partial charge in [-0.05, 0) is 12.3 Å². The molecule has 3 heteroatoms. The van der Waals surface area contributed by atoms with E-state index in [-0.39, 0.29) is 0 Å². The molecule has 54 valence electrons. The van der Waals surface area contributed by atoms with Crippen molar-refractivity contribution in [2.24, 2.45) is 11.8 Å². The minimum Gasteiger partial charge on any atom is -0.381 e. The molecule has 0 aromatic heterocycles. The van der Waals surface area contributed by atoms with Gasteiger partial charge in [-0.3, -0.25) is 5.84 Å². The van der Waals surface area contributed by atoms with Crippen LogP contribution in [0.2, 0.25) is 0 Å². The molecule has 0 saturated carbocycles. The molecule has 1 heterocycles. The standard InChI is InChI=1S/C6H14N2O/c1-8(7)4-6-2-3-9-5-6/h6H,2-5,7H2,1H3. The van der Waals surface area contributed by atoms with Crippen LogP contribution in [-0.2, 0) is 4.74 Å². The molecule has 1 atom stereocenters. The van der Waals surface area contributed by atoms with Crippen LogP contribution >= 0.6 is 0 Å². The summed E-state index contributed by atoms with van der Waals surface area (Å²) in [6.45, 7) is 2.76. The average Bonchev–Trinajstić information content (AvgIpc) is 2.15. The van der Waals surface area contributed by atoms with Crippen molar-refractivity contribution in [1.82, 2.24) is 5.01 Å². The number of hydrogen-bond acceptors (Lipinski definition) is 3. The van der Waals surface area contributed by atoms with Gasteiger partial charge in [0.05, 0.1) is 6.61 Å². The Morgan fingerprint density at radius 1 is 1.78 bits per heavy atom. The number of hydrazine groups is 1. The topological polar surface area (TPSA) is 38.5 Å². The molecule has 1 saturated heterocycles. The van der Waals surface area contributed by atoms with E-state index in [4.69, 9.17) is 10.6 Å². The predicted octanol–water partition coefficient (Wildman–Crippen LogP) is -0.172. The summed E-state index contributed by atoms with van der Waals surface area (Å²) in [5.74, 6) is 6.12. The molecule has 0 spiro atoms. The van der Waals surface area contributed by atoms with Gasteiger partial charge in [-0.1, -0.05) is 0 Å². The normalized spacial score (nSPS) is 27.7. The molecule has 2 N–H and O–H groups in total. The second kappa shape index (κ2) is 3.15. The van der Waals surface area contributed by atoms with Gasteiger partial charge in [0, 0.05) is 20.2 Å². The maximum absolute atomic E-state index is 5.45. The molecule has 0 amide bonds. The molecule has 0 radical (unpaired) electrons. The van der Waals surface area contributed by atoms with E-state index in [1.807, 2.05) is 7.05 Å². The van der Waals surface area contributed by atoms with Gasteiger partial charge in [-0.15, -0.1) is 0 Å². The van der Waals surface area contributed by atoms with Crippen LogP contribution in [0, 0.1) is 5.92 Å². The molecule has 3 nitrogen and oxygen atoms in total. The largest absolute Gasteiger partial charge is 0.381 e. The smallest absolute Gasteiger partial charge is 0.0507 e. The highest BCUT2D eigenvalue weighted by Gasteiger charge is 2.15. The fourth-order valence-electron chi connectivity index (χ4n) is 1.13. The number of nitrogens with two attached hydrogens (primary N) is 1. The number of hydrogen-bond donors (Lipinski definition) is 1. The van der Waals surface area contributed by atoms with Crippen molar-refractivity contribution in [3.05, 3.63) is 0 Å². The summed E-state index contributed by atoms with van der Waals surface area (Å²) >= 11 is 0. The molecule has 1 aliphatic heterocycles. The van der Waals surface area contributed by atoms with Crippen molar-refractivity contribution in [3.8, 4) is 0 Å². The van der Waals surface area contributed by atoms with Crippen LogP contribution in [0.25, 0.3) is 0 Å². The van der Waals surface area contributed by atoms with Crippen molar-refractivity contribution >= 4 is 0 Å². The fourth-order valence-corrected chi connectivity index (χ4v) is 1.13. The number of rotatable bonds is 2. The Bertz CT molecular complexity index is 79.1. The molecule has 9 heavy (non-hydrogen) atoms. The molecule has 1 unspecified atom stereocenters. The fraction of sp³-hybridized carbons (Fsp3) is 1.00.